The number of piperazine rings is 1. The Kier molecular flexibility index (Phi) is 12.5. The molecule has 330 valence electrons. The lowest BCUT2D eigenvalue weighted by molar-refractivity contribution is -0.138. The summed E-state index contributed by atoms with van der Waals surface area (Å²) in [4.78, 5) is 96.4. The zero-order valence-corrected chi connectivity index (χ0v) is 34.5. The van der Waals surface area contributed by atoms with E-state index in [0.29, 0.717) is 56.1 Å². The minimum Gasteiger partial charge on any atom is -0.384 e. The molecule has 3 atom stereocenters. The number of alkyl halides is 3. The highest BCUT2D eigenvalue weighted by Gasteiger charge is 2.45. The number of hydrogen-bond donors (Lipinski definition) is 5. The lowest BCUT2D eigenvalue weighted by atomic mass is 9.99. The molecular formula is C44H44F4N8O7. The van der Waals surface area contributed by atoms with Gasteiger partial charge in [-0.25, -0.2) is 4.39 Å². The molecule has 15 nitrogen and oxygen atoms in total. The van der Waals surface area contributed by atoms with E-state index in [-0.39, 0.29) is 65.0 Å². The summed E-state index contributed by atoms with van der Waals surface area (Å²) >= 11 is 0. The van der Waals surface area contributed by atoms with Gasteiger partial charge >= 0.3 is 6.18 Å². The number of unbranched alkanes of at least 4 members (excludes halogenated alkanes) is 1. The molecule has 0 aliphatic carbocycles. The van der Waals surface area contributed by atoms with Crippen LogP contribution in [-0.2, 0) is 15.8 Å². The number of aromatic nitrogens is 1. The van der Waals surface area contributed by atoms with E-state index in [4.69, 9.17) is 0 Å². The van der Waals surface area contributed by atoms with Gasteiger partial charge in [0.2, 0.25) is 17.4 Å². The quantitative estimate of drug-likeness (QED) is 0.0735. The number of amides is 6. The molecule has 3 aliphatic heterocycles. The first-order valence-corrected chi connectivity index (χ1v) is 20.3. The first-order valence-electron chi connectivity index (χ1n) is 20.3. The van der Waals surface area contributed by atoms with Crippen molar-refractivity contribution < 1.29 is 46.3 Å². The summed E-state index contributed by atoms with van der Waals surface area (Å²) in [7, 11) is 1.98. The molecule has 2 fully saturated rings. The van der Waals surface area contributed by atoms with Crippen molar-refractivity contribution in [2.75, 3.05) is 48.8 Å². The van der Waals surface area contributed by atoms with Gasteiger partial charge in [-0.2, -0.15) is 13.2 Å². The van der Waals surface area contributed by atoms with Gasteiger partial charge in [0.25, 0.3) is 23.6 Å². The molecule has 3 aromatic carbocycles. The number of H-pyrrole nitrogens is 1. The largest absolute Gasteiger partial charge is 0.417 e. The van der Waals surface area contributed by atoms with Crippen molar-refractivity contribution in [3.05, 3.63) is 111 Å². The Balaban J connectivity index is 1.02. The van der Waals surface area contributed by atoms with Crippen LogP contribution < -0.4 is 31.7 Å². The van der Waals surface area contributed by atoms with Gasteiger partial charge in [-0.15, -0.1) is 0 Å². The third kappa shape index (κ3) is 9.18. The number of nitrogens with one attached hydrogen (secondary N) is 5. The second-order valence-electron chi connectivity index (χ2n) is 15.8. The summed E-state index contributed by atoms with van der Waals surface area (Å²) in [5.74, 6) is -4.79. The lowest BCUT2D eigenvalue weighted by Gasteiger charge is -2.44. The van der Waals surface area contributed by atoms with Crippen molar-refractivity contribution in [3.8, 4) is 11.1 Å². The molecule has 7 rings (SSSR count). The van der Waals surface area contributed by atoms with Crippen LogP contribution in [0.2, 0.25) is 0 Å². The van der Waals surface area contributed by atoms with Crippen LogP contribution in [0.25, 0.3) is 11.1 Å². The summed E-state index contributed by atoms with van der Waals surface area (Å²) in [5.41, 5.74) is -1.69. The molecule has 0 radical (unpaired) electrons. The summed E-state index contributed by atoms with van der Waals surface area (Å²) in [6.45, 7) is 5.62. The molecule has 2 saturated heterocycles. The number of rotatable bonds is 12. The Morgan fingerprint density at radius 1 is 0.841 bits per heavy atom. The van der Waals surface area contributed by atoms with Crippen molar-refractivity contribution in [1.29, 1.82) is 0 Å². The minimum atomic E-state index is -5.01. The Bertz CT molecular complexity index is 2570. The van der Waals surface area contributed by atoms with Gasteiger partial charge in [0.1, 0.15) is 11.9 Å². The minimum absolute atomic E-state index is 0.00123. The molecule has 19 heteroatoms. The second-order valence-corrected chi connectivity index (χ2v) is 15.8. The van der Waals surface area contributed by atoms with E-state index < -0.39 is 70.2 Å². The van der Waals surface area contributed by atoms with Gasteiger partial charge < -0.3 is 25.8 Å². The number of anilines is 3. The van der Waals surface area contributed by atoms with Crippen LogP contribution in [0.3, 0.4) is 0 Å². The summed E-state index contributed by atoms with van der Waals surface area (Å²) in [6.07, 6.45) is -3.27. The highest BCUT2D eigenvalue weighted by atomic mass is 19.4. The average molecular weight is 873 g/mol. The van der Waals surface area contributed by atoms with Crippen LogP contribution in [-0.4, -0.2) is 102 Å². The van der Waals surface area contributed by atoms with Crippen LogP contribution in [0.4, 0.5) is 34.6 Å². The number of benzene rings is 3. The number of carbonyl (C=O) groups is 6. The number of fused-ring (bicyclic) bond motifs is 1. The Morgan fingerprint density at radius 2 is 1.57 bits per heavy atom. The third-order valence-corrected chi connectivity index (χ3v) is 11.6. The normalized spacial score (nSPS) is 19.2. The van der Waals surface area contributed by atoms with Gasteiger partial charge in [-0.3, -0.25) is 48.7 Å². The predicted molar refractivity (Wildman–Crippen MR) is 224 cm³/mol. The SMILES string of the molecule is C[C@@H]1CN(c2ccc(-c3cc(C(=O)NCCCCNc4cccc5c4C(=O)N(C4CCC(=O)NC4=O)C5=O)ccc3F)cc2NC(=O)c2c[nH]c(=O)cc2C(F)(F)F)C[C@H](C)N1C. The average Bonchev–Trinajstić information content (AvgIpc) is 3.49. The monoisotopic (exact) mass is 872 g/mol. The Labute approximate surface area is 358 Å². The van der Waals surface area contributed by atoms with Gasteiger partial charge in [0.05, 0.1) is 33.6 Å². The van der Waals surface area contributed by atoms with Crippen LogP contribution >= 0.6 is 0 Å². The summed E-state index contributed by atoms with van der Waals surface area (Å²) < 4.78 is 57.3. The van der Waals surface area contributed by atoms with E-state index in [1.54, 1.807) is 24.3 Å². The number of carbonyl (C=O) groups excluding carboxylic acids is 6. The van der Waals surface area contributed by atoms with Crippen molar-refractivity contribution in [2.45, 2.75) is 63.8 Å². The maximum Gasteiger partial charge on any atom is 0.417 e. The van der Waals surface area contributed by atoms with Crippen LogP contribution in [0.15, 0.2) is 71.7 Å². The fourth-order valence-corrected chi connectivity index (χ4v) is 8.09. The smallest absolute Gasteiger partial charge is 0.384 e. The third-order valence-electron chi connectivity index (χ3n) is 11.6. The summed E-state index contributed by atoms with van der Waals surface area (Å²) in [6, 6.07) is 12.5. The standard InChI is InChI=1S/C44H44F4N8O7/c1-23-21-55(22-24(2)54(23)3)34-12-10-25(18-33(34)52-40(60)29-20-51-37(58)19-30(29)44(46,47)48)28-17-26(9-11-31(28)45)39(59)50-16-5-4-15-49-32-8-6-7-27-38(32)43(63)56(42(27)62)35-13-14-36(57)53-41(35)61/h6-12,17-20,23-24,35,49H,4-5,13-16,21-22H2,1-3H3,(H,50,59)(H,51,58)(H,52,60)(H,53,57,61)/t23-,24+,35?. The zero-order chi connectivity index (χ0) is 45.3. The molecule has 5 N–H and O–H groups in total. The Morgan fingerprint density at radius 3 is 2.29 bits per heavy atom. The number of aromatic amines is 1. The van der Waals surface area contributed by atoms with Gasteiger partial charge in [0, 0.05) is 73.8 Å². The first-order chi connectivity index (χ1) is 29.9. The molecule has 0 bridgehead atoms. The molecule has 0 spiro atoms. The second kappa shape index (κ2) is 17.8. The number of piperidine rings is 1. The van der Waals surface area contributed by atoms with E-state index in [2.05, 4.69) is 31.2 Å². The number of nitrogens with zero attached hydrogens (tertiary/aromatic N) is 3. The zero-order valence-electron chi connectivity index (χ0n) is 34.5. The maximum absolute atomic E-state index is 15.5. The predicted octanol–water partition coefficient (Wildman–Crippen LogP) is 5.00. The summed E-state index contributed by atoms with van der Waals surface area (Å²) in [5, 5.41) is 10.7. The van der Waals surface area contributed by atoms with Crippen LogP contribution in [0.5, 0.6) is 0 Å². The van der Waals surface area contributed by atoms with E-state index in [0.717, 1.165) is 11.0 Å². The molecular weight excluding hydrogens is 829 g/mol. The molecule has 1 aromatic heterocycles. The maximum atomic E-state index is 15.5. The van der Waals surface area contributed by atoms with Crippen molar-refractivity contribution in [3.63, 3.8) is 0 Å². The fraction of sp³-hybridized carbons (Fsp3) is 0.341. The van der Waals surface area contributed by atoms with Crippen LogP contribution in [0.1, 0.15) is 86.5 Å². The number of hydrogen-bond acceptors (Lipinski definition) is 10. The molecule has 4 heterocycles. The van der Waals surface area contributed by atoms with Crippen molar-refractivity contribution >= 4 is 52.5 Å². The van der Waals surface area contributed by atoms with Gasteiger partial charge in [-0.1, -0.05) is 12.1 Å². The van der Waals surface area contributed by atoms with Gasteiger partial charge in [0.15, 0.2) is 0 Å². The topological polar surface area (TPSA) is 193 Å². The highest BCUT2D eigenvalue weighted by Crippen LogP contribution is 2.37. The van der Waals surface area contributed by atoms with E-state index >= 15 is 4.39 Å². The van der Waals surface area contributed by atoms with Crippen molar-refractivity contribution in [1.82, 2.24) is 25.4 Å². The number of imide groups is 2. The van der Waals surface area contributed by atoms with E-state index in [1.807, 2.05) is 25.8 Å². The molecule has 4 aromatic rings. The molecule has 0 saturated carbocycles. The molecule has 1 unspecified atom stereocenters. The van der Waals surface area contributed by atoms with Gasteiger partial charge in [-0.05, 0) is 88.2 Å². The molecule has 6 amide bonds. The van der Waals surface area contributed by atoms with Crippen LogP contribution in [0, 0.1) is 5.82 Å². The fourth-order valence-electron chi connectivity index (χ4n) is 8.09. The number of halogens is 4. The number of pyridine rings is 1. The van der Waals surface area contributed by atoms with E-state index in [1.165, 1.54) is 24.3 Å². The molecule has 63 heavy (non-hydrogen) atoms. The number of likely N-dealkylation sites (N-methyl/N-ethyl adjacent to an activating group) is 1. The lowest BCUT2D eigenvalue weighted by Crippen LogP contribution is -2.55. The first kappa shape index (κ1) is 44.2. The Hall–Kier alpha value is -6.89. The highest BCUT2D eigenvalue weighted by molar-refractivity contribution is 6.25. The van der Waals surface area contributed by atoms with Crippen molar-refractivity contribution in [2.24, 2.45) is 0 Å². The molecule has 3 aliphatic rings. The van der Waals surface area contributed by atoms with E-state index in [9.17, 15) is 46.7 Å².